The number of hydrogen-bond acceptors (Lipinski definition) is 3. The first-order valence-corrected chi connectivity index (χ1v) is 12.9. The van der Waals surface area contributed by atoms with Gasteiger partial charge in [0.15, 0.2) is 0 Å². The van der Waals surface area contributed by atoms with E-state index in [1.165, 1.54) is 36.4 Å². The van der Waals surface area contributed by atoms with Crippen LogP contribution in [0.15, 0.2) is 72.8 Å². The van der Waals surface area contributed by atoms with Gasteiger partial charge in [-0.05, 0) is 72.5 Å². The van der Waals surface area contributed by atoms with Crippen LogP contribution in [0, 0.1) is 17.5 Å². The minimum absolute atomic E-state index is 0.0250. The maximum atomic E-state index is 13.4. The lowest BCUT2D eigenvalue weighted by atomic mass is 9.87. The van der Waals surface area contributed by atoms with E-state index in [4.69, 9.17) is 4.74 Å². The van der Waals surface area contributed by atoms with Gasteiger partial charge in [0.2, 0.25) is 5.91 Å². The Labute approximate surface area is 216 Å². The molecule has 4 nitrogen and oxygen atoms in total. The van der Waals surface area contributed by atoms with Gasteiger partial charge in [-0.15, -0.1) is 0 Å². The van der Waals surface area contributed by atoms with Gasteiger partial charge in [0.1, 0.15) is 29.8 Å². The van der Waals surface area contributed by atoms with Gasteiger partial charge < -0.3 is 9.64 Å². The fourth-order valence-electron chi connectivity index (χ4n) is 4.74. The first-order chi connectivity index (χ1) is 18.0. The Morgan fingerprint density at radius 1 is 0.730 bits per heavy atom. The third kappa shape index (κ3) is 8.09. The third-order valence-corrected chi connectivity index (χ3v) is 6.89. The first kappa shape index (κ1) is 26.7. The van der Waals surface area contributed by atoms with Gasteiger partial charge in [-0.2, -0.15) is 0 Å². The van der Waals surface area contributed by atoms with Crippen LogP contribution in [0.5, 0.6) is 5.75 Å². The summed E-state index contributed by atoms with van der Waals surface area (Å²) in [5, 5.41) is 0. The van der Waals surface area contributed by atoms with Gasteiger partial charge in [0.25, 0.3) is 0 Å². The number of benzene rings is 3. The molecule has 4 rings (SSSR count). The maximum Gasteiger partial charge on any atom is 0.222 e. The molecule has 7 heteroatoms. The van der Waals surface area contributed by atoms with Crippen LogP contribution in [0.1, 0.15) is 42.7 Å². The highest BCUT2D eigenvalue weighted by Crippen LogP contribution is 2.30. The van der Waals surface area contributed by atoms with E-state index in [9.17, 15) is 18.0 Å². The number of amides is 1. The second kappa shape index (κ2) is 13.3. The zero-order valence-electron chi connectivity index (χ0n) is 20.9. The average Bonchev–Trinajstić information content (AvgIpc) is 2.91. The summed E-state index contributed by atoms with van der Waals surface area (Å²) in [4.78, 5) is 17.0. The summed E-state index contributed by atoms with van der Waals surface area (Å²) in [5.41, 5.74) is 1.97. The molecule has 3 aromatic rings. The highest BCUT2D eigenvalue weighted by Gasteiger charge is 2.21. The van der Waals surface area contributed by atoms with Crippen LogP contribution in [0.2, 0.25) is 0 Å². The van der Waals surface area contributed by atoms with Crippen molar-refractivity contribution in [1.82, 2.24) is 9.80 Å². The number of piperazine rings is 1. The molecule has 1 heterocycles. The molecule has 0 spiro atoms. The highest BCUT2D eigenvalue weighted by molar-refractivity contribution is 5.76. The molecule has 1 saturated heterocycles. The lowest BCUT2D eigenvalue weighted by Gasteiger charge is -2.34. The summed E-state index contributed by atoms with van der Waals surface area (Å²) < 4.78 is 45.5. The zero-order chi connectivity index (χ0) is 26.0. The molecule has 1 aliphatic heterocycles. The number of ether oxygens (including phenoxy) is 1. The number of halogens is 3. The molecule has 0 radical (unpaired) electrons. The van der Waals surface area contributed by atoms with Crippen molar-refractivity contribution < 1.29 is 22.7 Å². The lowest BCUT2D eigenvalue weighted by molar-refractivity contribution is -0.133. The van der Waals surface area contributed by atoms with Crippen LogP contribution in [0.3, 0.4) is 0 Å². The van der Waals surface area contributed by atoms with Crippen molar-refractivity contribution in [2.45, 2.75) is 31.6 Å². The number of carbonyl (C=O) groups excluding carboxylic acids is 1. The second-order valence-corrected chi connectivity index (χ2v) is 9.43. The monoisotopic (exact) mass is 510 g/mol. The van der Waals surface area contributed by atoms with E-state index in [-0.39, 0.29) is 29.3 Å². The standard InChI is InChI=1S/C30H33F3N2O2/c31-25-9-5-23(6-10-25)29(24-7-11-26(32)12-8-24)3-1-2-4-30(36)35-19-17-34(18-20-35)21-22-37-28-15-13-27(33)14-16-28/h5-16,29H,1-4,17-22H2. The normalized spacial score (nSPS) is 14.2. The molecule has 0 aliphatic carbocycles. The van der Waals surface area contributed by atoms with Crippen LogP contribution in [-0.2, 0) is 4.79 Å². The van der Waals surface area contributed by atoms with Gasteiger partial charge in [-0.25, -0.2) is 13.2 Å². The fourth-order valence-corrected chi connectivity index (χ4v) is 4.74. The van der Waals surface area contributed by atoms with Gasteiger partial charge in [-0.1, -0.05) is 30.7 Å². The van der Waals surface area contributed by atoms with Gasteiger partial charge in [-0.3, -0.25) is 9.69 Å². The topological polar surface area (TPSA) is 32.8 Å². The number of rotatable bonds is 11. The molecule has 0 bridgehead atoms. The van der Waals surface area contributed by atoms with E-state index < -0.39 is 0 Å². The Bertz CT molecular complexity index is 1070. The quantitative estimate of drug-likeness (QED) is 0.296. The van der Waals surface area contributed by atoms with Crippen molar-refractivity contribution in [3.63, 3.8) is 0 Å². The van der Waals surface area contributed by atoms with Gasteiger partial charge in [0, 0.05) is 45.1 Å². The zero-order valence-corrected chi connectivity index (χ0v) is 20.9. The van der Waals surface area contributed by atoms with Crippen molar-refractivity contribution >= 4 is 5.91 Å². The largest absolute Gasteiger partial charge is 0.492 e. The summed E-state index contributed by atoms with van der Waals surface area (Å²) >= 11 is 0. The molecule has 1 fully saturated rings. The summed E-state index contributed by atoms with van der Waals surface area (Å²) in [6, 6.07) is 18.9. The van der Waals surface area contributed by atoms with Crippen molar-refractivity contribution in [2.75, 3.05) is 39.3 Å². The van der Waals surface area contributed by atoms with Crippen molar-refractivity contribution in [3.05, 3.63) is 101 Å². The molecule has 0 saturated carbocycles. The maximum absolute atomic E-state index is 13.4. The minimum atomic E-state index is -0.285. The molecular weight excluding hydrogens is 477 g/mol. The van der Waals surface area contributed by atoms with E-state index in [1.807, 2.05) is 4.90 Å². The molecule has 0 aromatic heterocycles. The van der Waals surface area contributed by atoms with Crippen LogP contribution in [-0.4, -0.2) is 55.0 Å². The molecule has 1 amide bonds. The van der Waals surface area contributed by atoms with Crippen molar-refractivity contribution in [2.24, 2.45) is 0 Å². The molecule has 0 atom stereocenters. The minimum Gasteiger partial charge on any atom is -0.492 e. The summed E-state index contributed by atoms with van der Waals surface area (Å²) in [6.45, 7) is 4.27. The van der Waals surface area contributed by atoms with Crippen LogP contribution >= 0.6 is 0 Å². The smallest absolute Gasteiger partial charge is 0.222 e. The molecule has 1 aliphatic rings. The number of hydrogen-bond donors (Lipinski definition) is 0. The highest BCUT2D eigenvalue weighted by atomic mass is 19.1. The first-order valence-electron chi connectivity index (χ1n) is 12.9. The van der Waals surface area contributed by atoms with E-state index in [1.54, 1.807) is 36.4 Å². The van der Waals surface area contributed by atoms with Crippen LogP contribution in [0.25, 0.3) is 0 Å². The van der Waals surface area contributed by atoms with E-state index in [0.717, 1.165) is 50.0 Å². The number of carbonyl (C=O) groups is 1. The molecule has 37 heavy (non-hydrogen) atoms. The Morgan fingerprint density at radius 2 is 1.24 bits per heavy atom. The third-order valence-electron chi connectivity index (χ3n) is 6.89. The fraction of sp³-hybridized carbons (Fsp3) is 0.367. The van der Waals surface area contributed by atoms with Crippen molar-refractivity contribution in [1.29, 1.82) is 0 Å². The molecule has 3 aromatic carbocycles. The van der Waals surface area contributed by atoms with E-state index in [2.05, 4.69) is 4.90 Å². The van der Waals surface area contributed by atoms with E-state index >= 15 is 0 Å². The Kier molecular flexibility index (Phi) is 9.60. The van der Waals surface area contributed by atoms with Crippen LogP contribution < -0.4 is 4.74 Å². The van der Waals surface area contributed by atoms with Crippen molar-refractivity contribution in [3.8, 4) is 5.75 Å². The summed E-state index contributed by atoms with van der Waals surface area (Å²) in [7, 11) is 0. The summed E-state index contributed by atoms with van der Waals surface area (Å²) in [5.74, 6) is -0.00951. The Balaban J connectivity index is 1.18. The Morgan fingerprint density at radius 3 is 1.78 bits per heavy atom. The van der Waals surface area contributed by atoms with E-state index in [0.29, 0.717) is 31.9 Å². The number of unbranched alkanes of at least 4 members (excludes halogenated alkanes) is 1. The molecule has 0 N–H and O–H groups in total. The van der Waals surface area contributed by atoms with Crippen LogP contribution in [0.4, 0.5) is 13.2 Å². The predicted molar refractivity (Wildman–Crippen MR) is 138 cm³/mol. The molecule has 196 valence electrons. The predicted octanol–water partition coefficient (Wildman–Crippen LogP) is 6.02. The second-order valence-electron chi connectivity index (χ2n) is 9.43. The van der Waals surface area contributed by atoms with Gasteiger partial charge >= 0.3 is 0 Å². The average molecular weight is 511 g/mol. The lowest BCUT2D eigenvalue weighted by Crippen LogP contribution is -2.49. The molecule has 0 unspecified atom stereocenters. The number of nitrogens with zero attached hydrogens (tertiary/aromatic N) is 2. The molecular formula is C30H33F3N2O2. The van der Waals surface area contributed by atoms with Gasteiger partial charge in [0.05, 0.1) is 0 Å². The Hall–Kier alpha value is -3.32. The summed E-state index contributed by atoms with van der Waals surface area (Å²) in [6.07, 6.45) is 2.90. The SMILES string of the molecule is O=C(CCCCC(c1ccc(F)cc1)c1ccc(F)cc1)N1CCN(CCOc2ccc(F)cc2)CC1.